The number of carbonyl (C=O) groups excluding carboxylic acids is 1. The Morgan fingerprint density at radius 2 is 1.86 bits per heavy atom. The van der Waals surface area contributed by atoms with Crippen LogP contribution in [0.2, 0.25) is 0 Å². The quantitative estimate of drug-likeness (QED) is 0.486. The topological polar surface area (TPSA) is 83.8 Å². The largest absolute Gasteiger partial charge is 0.502 e. The van der Waals surface area contributed by atoms with Crippen molar-refractivity contribution in [3.8, 4) is 5.75 Å². The minimum atomic E-state index is -1.53. The van der Waals surface area contributed by atoms with Crippen LogP contribution in [0.5, 0.6) is 5.75 Å². The highest BCUT2D eigenvalue weighted by atomic mass is 32.1. The van der Waals surface area contributed by atoms with Gasteiger partial charge in [-0.15, -0.1) is 11.3 Å². The smallest absolute Gasteiger partial charge is 0.371 e. The van der Waals surface area contributed by atoms with E-state index in [1.54, 1.807) is 18.6 Å². The number of aliphatic hydroxyl groups excluding tert-OH is 1. The van der Waals surface area contributed by atoms with Crippen molar-refractivity contribution < 1.29 is 24.5 Å². The normalized spacial score (nSPS) is 11.2. The summed E-state index contributed by atoms with van der Waals surface area (Å²) >= 11 is 1.41. The van der Waals surface area contributed by atoms with Crippen LogP contribution in [0, 0.1) is 0 Å². The Morgan fingerprint density at radius 1 is 1.18 bits per heavy atom. The minimum Gasteiger partial charge on any atom is -0.502 e. The fraction of sp³-hybridized carbons (Fsp3) is 0.125. The maximum absolute atomic E-state index is 12.0. The summed E-state index contributed by atoms with van der Waals surface area (Å²) in [5, 5.41) is 19.5. The van der Waals surface area contributed by atoms with Crippen molar-refractivity contribution in [3.63, 3.8) is 0 Å². The number of ether oxygens (including phenoxy) is 1. The molecule has 2 aromatic rings. The summed E-state index contributed by atoms with van der Waals surface area (Å²) in [6.45, 7) is 0. The van der Waals surface area contributed by atoms with Crippen molar-refractivity contribution in [2.45, 2.75) is 6.42 Å². The number of hydrogen-bond acceptors (Lipinski definition) is 5. The van der Waals surface area contributed by atoms with Gasteiger partial charge in [0, 0.05) is 22.9 Å². The predicted octanol–water partition coefficient (Wildman–Crippen LogP) is 3.06. The van der Waals surface area contributed by atoms with Crippen LogP contribution in [-0.2, 0) is 11.2 Å². The van der Waals surface area contributed by atoms with Crippen LogP contribution in [0.15, 0.2) is 47.5 Å². The molecule has 6 heteroatoms. The average molecular weight is 318 g/mol. The second kappa shape index (κ2) is 6.91. The molecule has 0 radical (unpaired) electrons. The third-order valence-corrected chi connectivity index (χ3v) is 3.94. The standard InChI is InChI=1S/C16H14O5S/c1-21-11-4-2-10(3-5-11)8-15-12(6-7-22-15)13(17)9-14(18)16(19)20/h2-7,9,18H,8H2,1H3,(H,19,20)/b14-9-. The Labute approximate surface area is 131 Å². The first kappa shape index (κ1) is 15.8. The molecule has 0 spiro atoms. The minimum absolute atomic E-state index is 0.397. The van der Waals surface area contributed by atoms with E-state index in [4.69, 9.17) is 14.9 Å². The summed E-state index contributed by atoms with van der Waals surface area (Å²) in [4.78, 5) is 23.4. The molecule has 1 heterocycles. The summed E-state index contributed by atoms with van der Waals surface area (Å²) in [5.74, 6) is -2.27. The van der Waals surface area contributed by atoms with Crippen LogP contribution in [0.3, 0.4) is 0 Å². The molecule has 2 rings (SSSR count). The monoisotopic (exact) mass is 318 g/mol. The highest BCUT2D eigenvalue weighted by Crippen LogP contribution is 2.23. The van der Waals surface area contributed by atoms with Gasteiger partial charge in [0.05, 0.1) is 7.11 Å². The lowest BCUT2D eigenvalue weighted by molar-refractivity contribution is -0.135. The molecular weight excluding hydrogens is 304 g/mol. The number of ketones is 1. The lowest BCUT2D eigenvalue weighted by atomic mass is 10.1. The maximum Gasteiger partial charge on any atom is 0.371 e. The number of carboxylic acids is 1. The van der Waals surface area contributed by atoms with Crippen LogP contribution >= 0.6 is 11.3 Å². The van der Waals surface area contributed by atoms with Crippen LogP contribution in [0.25, 0.3) is 0 Å². The van der Waals surface area contributed by atoms with E-state index in [2.05, 4.69) is 0 Å². The van der Waals surface area contributed by atoms with Crippen molar-refractivity contribution in [3.05, 3.63) is 63.6 Å². The third-order valence-electron chi connectivity index (χ3n) is 3.02. The van der Waals surface area contributed by atoms with Gasteiger partial charge in [-0.3, -0.25) is 4.79 Å². The molecule has 1 aromatic heterocycles. The highest BCUT2D eigenvalue weighted by molar-refractivity contribution is 7.10. The first-order valence-electron chi connectivity index (χ1n) is 6.39. The number of benzene rings is 1. The van der Waals surface area contributed by atoms with Crippen LogP contribution < -0.4 is 4.74 Å². The lowest BCUT2D eigenvalue weighted by Crippen LogP contribution is -2.04. The Bertz CT molecular complexity index is 712. The molecule has 0 aliphatic carbocycles. The zero-order valence-corrected chi connectivity index (χ0v) is 12.6. The molecule has 0 atom stereocenters. The number of rotatable bonds is 6. The first-order valence-corrected chi connectivity index (χ1v) is 7.27. The van der Waals surface area contributed by atoms with E-state index in [0.717, 1.165) is 22.3 Å². The molecule has 1 aromatic carbocycles. The molecule has 0 bridgehead atoms. The van der Waals surface area contributed by atoms with E-state index >= 15 is 0 Å². The van der Waals surface area contributed by atoms with Crippen molar-refractivity contribution in [2.75, 3.05) is 7.11 Å². The van der Waals surface area contributed by atoms with Gasteiger partial charge in [-0.2, -0.15) is 0 Å². The SMILES string of the molecule is COc1ccc(Cc2sccc2C(=O)/C=C(\O)C(=O)O)cc1. The zero-order chi connectivity index (χ0) is 16.1. The molecule has 0 unspecified atom stereocenters. The Balaban J connectivity index is 2.20. The van der Waals surface area contributed by atoms with Gasteiger partial charge in [-0.05, 0) is 29.1 Å². The number of aliphatic hydroxyl groups is 1. The zero-order valence-electron chi connectivity index (χ0n) is 11.8. The van der Waals surface area contributed by atoms with E-state index in [0.29, 0.717) is 12.0 Å². The van der Waals surface area contributed by atoms with Crippen molar-refractivity contribution >= 4 is 23.1 Å². The number of hydrogen-bond donors (Lipinski definition) is 2. The van der Waals surface area contributed by atoms with Gasteiger partial charge in [0.15, 0.2) is 5.78 Å². The van der Waals surface area contributed by atoms with E-state index in [1.165, 1.54) is 11.3 Å². The highest BCUT2D eigenvalue weighted by Gasteiger charge is 2.14. The molecule has 0 amide bonds. The molecule has 22 heavy (non-hydrogen) atoms. The summed E-state index contributed by atoms with van der Waals surface area (Å²) < 4.78 is 5.09. The Morgan fingerprint density at radius 3 is 2.45 bits per heavy atom. The predicted molar refractivity (Wildman–Crippen MR) is 82.8 cm³/mol. The molecule has 0 aliphatic rings. The summed E-state index contributed by atoms with van der Waals surface area (Å²) in [5.41, 5.74) is 1.40. The molecule has 0 fully saturated rings. The van der Waals surface area contributed by atoms with Crippen molar-refractivity contribution in [2.24, 2.45) is 0 Å². The number of thiophene rings is 1. The number of methoxy groups -OCH3 is 1. The number of carbonyl (C=O) groups is 2. The van der Waals surface area contributed by atoms with Crippen LogP contribution in [0.1, 0.15) is 20.8 Å². The number of carboxylic acid groups (broad SMARTS) is 1. The molecular formula is C16H14O5S. The average Bonchev–Trinajstić information content (AvgIpc) is 2.96. The third kappa shape index (κ3) is 3.73. The summed E-state index contributed by atoms with van der Waals surface area (Å²) in [7, 11) is 1.59. The van der Waals surface area contributed by atoms with Crippen molar-refractivity contribution in [1.82, 2.24) is 0 Å². The molecule has 0 aliphatic heterocycles. The summed E-state index contributed by atoms with van der Waals surface area (Å²) in [6, 6.07) is 9.09. The molecule has 2 N–H and O–H groups in total. The van der Waals surface area contributed by atoms with E-state index < -0.39 is 17.5 Å². The fourth-order valence-corrected chi connectivity index (χ4v) is 2.80. The number of aliphatic carboxylic acids is 1. The van der Waals surface area contributed by atoms with Gasteiger partial charge < -0.3 is 14.9 Å². The second-order valence-electron chi connectivity index (χ2n) is 4.48. The van der Waals surface area contributed by atoms with E-state index in [-0.39, 0.29) is 0 Å². The van der Waals surface area contributed by atoms with Gasteiger partial charge in [-0.25, -0.2) is 4.79 Å². The van der Waals surface area contributed by atoms with Gasteiger partial charge >= 0.3 is 5.97 Å². The van der Waals surface area contributed by atoms with E-state index in [1.807, 2.05) is 24.3 Å². The fourth-order valence-electron chi connectivity index (χ4n) is 1.89. The van der Waals surface area contributed by atoms with Crippen LogP contribution in [-0.4, -0.2) is 29.1 Å². The van der Waals surface area contributed by atoms with E-state index in [9.17, 15) is 9.59 Å². The lowest BCUT2D eigenvalue weighted by Gasteiger charge is -2.04. The van der Waals surface area contributed by atoms with Gasteiger partial charge in [0.25, 0.3) is 0 Å². The van der Waals surface area contributed by atoms with Gasteiger partial charge in [-0.1, -0.05) is 12.1 Å². The maximum atomic E-state index is 12.0. The second-order valence-corrected chi connectivity index (χ2v) is 5.48. The number of allylic oxidation sites excluding steroid dienone is 1. The summed E-state index contributed by atoms with van der Waals surface area (Å²) in [6.07, 6.45) is 1.27. The van der Waals surface area contributed by atoms with Gasteiger partial charge in [0.2, 0.25) is 5.76 Å². The van der Waals surface area contributed by atoms with Crippen LogP contribution in [0.4, 0.5) is 0 Å². The van der Waals surface area contributed by atoms with Gasteiger partial charge in [0.1, 0.15) is 5.75 Å². The molecule has 5 nitrogen and oxygen atoms in total. The van der Waals surface area contributed by atoms with Crippen molar-refractivity contribution in [1.29, 1.82) is 0 Å². The molecule has 0 saturated heterocycles. The first-order chi connectivity index (χ1) is 10.5. The molecule has 0 saturated carbocycles. The Kier molecular flexibility index (Phi) is 4.95. The molecule has 114 valence electrons. The Hall–Kier alpha value is -2.60.